The Morgan fingerprint density at radius 3 is 2.68 bits per heavy atom. The van der Waals surface area contributed by atoms with Crippen molar-refractivity contribution < 1.29 is 18.7 Å². The molecule has 1 aromatic heterocycles. The van der Waals surface area contributed by atoms with E-state index in [-0.39, 0.29) is 24.1 Å². The molecule has 2 aromatic carbocycles. The standard InChI is InChI=1S/C22H21FN2O3/c23-19-9-3-1-8-17(19)22(27)18-13-25(20-10-4-2-7-16(18)20)14-21(26)24-12-15-6-5-11-28-15/h1-4,7-10,13,15H,5-6,11-12,14H2,(H,24,26). The molecule has 0 saturated carbocycles. The molecule has 1 aliphatic rings. The zero-order valence-corrected chi connectivity index (χ0v) is 15.4. The van der Waals surface area contributed by atoms with Crippen molar-refractivity contribution in [2.75, 3.05) is 13.2 Å². The first-order valence-electron chi connectivity index (χ1n) is 9.39. The largest absolute Gasteiger partial charge is 0.376 e. The molecule has 1 fully saturated rings. The maximum absolute atomic E-state index is 14.1. The lowest BCUT2D eigenvalue weighted by molar-refractivity contribution is -0.122. The Kier molecular flexibility index (Phi) is 5.21. The van der Waals surface area contributed by atoms with Crippen molar-refractivity contribution >= 4 is 22.6 Å². The molecule has 0 radical (unpaired) electrons. The van der Waals surface area contributed by atoms with Crippen LogP contribution in [0.1, 0.15) is 28.8 Å². The lowest BCUT2D eigenvalue weighted by atomic mass is 10.0. The molecule has 28 heavy (non-hydrogen) atoms. The van der Waals surface area contributed by atoms with Crippen molar-refractivity contribution in [1.29, 1.82) is 0 Å². The number of hydrogen-bond acceptors (Lipinski definition) is 3. The van der Waals surface area contributed by atoms with Gasteiger partial charge < -0.3 is 14.6 Å². The zero-order chi connectivity index (χ0) is 19.5. The molecule has 6 heteroatoms. The number of carbonyl (C=O) groups is 2. The number of benzene rings is 2. The summed E-state index contributed by atoms with van der Waals surface area (Å²) in [6, 6.07) is 13.2. The van der Waals surface area contributed by atoms with Crippen LogP contribution >= 0.6 is 0 Å². The summed E-state index contributed by atoms with van der Waals surface area (Å²) in [4.78, 5) is 25.3. The van der Waals surface area contributed by atoms with Gasteiger partial charge in [0.25, 0.3) is 0 Å². The third kappa shape index (κ3) is 3.68. The van der Waals surface area contributed by atoms with Crippen molar-refractivity contribution in [3.8, 4) is 0 Å². The van der Waals surface area contributed by atoms with Crippen molar-refractivity contribution in [3.63, 3.8) is 0 Å². The first-order chi connectivity index (χ1) is 13.6. The van der Waals surface area contributed by atoms with Gasteiger partial charge >= 0.3 is 0 Å². The van der Waals surface area contributed by atoms with Gasteiger partial charge in [0.2, 0.25) is 5.91 Å². The summed E-state index contributed by atoms with van der Waals surface area (Å²) >= 11 is 0. The number of nitrogens with zero attached hydrogens (tertiary/aromatic N) is 1. The molecule has 1 atom stereocenters. The molecular formula is C22H21FN2O3. The molecule has 1 N–H and O–H groups in total. The summed E-state index contributed by atoms with van der Waals surface area (Å²) in [5.41, 5.74) is 1.16. The summed E-state index contributed by atoms with van der Waals surface area (Å²) in [6.45, 7) is 1.31. The molecule has 0 spiro atoms. The van der Waals surface area contributed by atoms with E-state index in [0.717, 1.165) is 25.0 Å². The number of ether oxygens (including phenoxy) is 1. The van der Waals surface area contributed by atoms with Gasteiger partial charge in [-0.25, -0.2) is 4.39 Å². The Hall–Kier alpha value is -2.99. The van der Waals surface area contributed by atoms with Crippen molar-refractivity contribution in [2.24, 2.45) is 0 Å². The summed E-state index contributed by atoms with van der Waals surface area (Å²) < 4.78 is 21.3. The van der Waals surface area contributed by atoms with Crippen molar-refractivity contribution in [3.05, 3.63) is 71.7 Å². The van der Waals surface area contributed by atoms with E-state index in [0.29, 0.717) is 17.5 Å². The summed E-state index contributed by atoms with van der Waals surface area (Å²) in [6.07, 6.45) is 3.67. The number of nitrogens with one attached hydrogen (secondary N) is 1. The number of para-hydroxylation sites is 1. The van der Waals surface area contributed by atoms with Gasteiger partial charge in [0.1, 0.15) is 12.4 Å². The van der Waals surface area contributed by atoms with Gasteiger partial charge in [-0.05, 0) is 31.0 Å². The lowest BCUT2D eigenvalue weighted by Gasteiger charge is -2.11. The third-order valence-corrected chi connectivity index (χ3v) is 5.02. The SMILES string of the molecule is O=C(Cn1cc(C(=O)c2ccccc2F)c2ccccc21)NCC1CCCO1. The van der Waals surface area contributed by atoms with Crippen LogP contribution in [0.4, 0.5) is 4.39 Å². The van der Waals surface area contributed by atoms with E-state index in [1.54, 1.807) is 22.9 Å². The van der Waals surface area contributed by atoms with Gasteiger partial charge in [-0.3, -0.25) is 9.59 Å². The average Bonchev–Trinajstić information content (AvgIpc) is 3.35. The molecule has 0 aliphatic carbocycles. The fraction of sp³-hybridized carbons (Fsp3) is 0.273. The van der Waals surface area contributed by atoms with E-state index in [2.05, 4.69) is 5.32 Å². The van der Waals surface area contributed by atoms with E-state index >= 15 is 0 Å². The van der Waals surface area contributed by atoms with E-state index in [9.17, 15) is 14.0 Å². The first kappa shape index (κ1) is 18.4. The fourth-order valence-electron chi connectivity index (χ4n) is 3.59. The molecule has 1 saturated heterocycles. The highest BCUT2D eigenvalue weighted by atomic mass is 19.1. The minimum Gasteiger partial charge on any atom is -0.376 e. The number of carbonyl (C=O) groups excluding carboxylic acids is 2. The van der Waals surface area contributed by atoms with Crippen molar-refractivity contribution in [1.82, 2.24) is 9.88 Å². The minimum atomic E-state index is -0.557. The summed E-state index contributed by atoms with van der Waals surface area (Å²) in [5.74, 6) is -1.10. The molecule has 0 bridgehead atoms. The van der Waals surface area contributed by atoms with Crippen LogP contribution < -0.4 is 5.32 Å². The number of aromatic nitrogens is 1. The quantitative estimate of drug-likeness (QED) is 0.668. The molecule has 5 nitrogen and oxygen atoms in total. The van der Waals surface area contributed by atoms with Crippen molar-refractivity contribution in [2.45, 2.75) is 25.5 Å². The number of fused-ring (bicyclic) bond motifs is 1. The van der Waals surface area contributed by atoms with Gasteiger partial charge in [0.05, 0.1) is 11.7 Å². The number of ketones is 1. The second kappa shape index (κ2) is 7.94. The molecule has 3 aromatic rings. The van der Waals surface area contributed by atoms with Crippen LogP contribution in [0, 0.1) is 5.82 Å². The lowest BCUT2D eigenvalue weighted by Crippen LogP contribution is -2.34. The van der Waals surface area contributed by atoms with E-state index in [4.69, 9.17) is 4.74 Å². The monoisotopic (exact) mass is 380 g/mol. The van der Waals surface area contributed by atoms with Crippen LogP contribution in [0.25, 0.3) is 10.9 Å². The van der Waals surface area contributed by atoms with E-state index in [1.165, 1.54) is 12.1 Å². The van der Waals surface area contributed by atoms with Gasteiger partial charge in [-0.2, -0.15) is 0 Å². The predicted molar refractivity (Wildman–Crippen MR) is 104 cm³/mol. The zero-order valence-electron chi connectivity index (χ0n) is 15.4. The van der Waals surface area contributed by atoms with Gasteiger partial charge in [0, 0.05) is 35.8 Å². The number of hydrogen-bond donors (Lipinski definition) is 1. The average molecular weight is 380 g/mol. The molecule has 4 rings (SSSR count). The molecule has 144 valence electrons. The Balaban J connectivity index is 1.58. The molecule has 1 unspecified atom stereocenters. The third-order valence-electron chi connectivity index (χ3n) is 5.02. The maximum Gasteiger partial charge on any atom is 0.240 e. The Bertz CT molecular complexity index is 1020. The minimum absolute atomic E-state index is 0.0215. The Labute approximate surface area is 162 Å². The Morgan fingerprint density at radius 1 is 1.11 bits per heavy atom. The highest BCUT2D eigenvalue weighted by Gasteiger charge is 2.20. The maximum atomic E-state index is 14.1. The molecule has 1 amide bonds. The second-order valence-corrected chi connectivity index (χ2v) is 6.94. The number of amides is 1. The first-order valence-corrected chi connectivity index (χ1v) is 9.39. The summed E-state index contributed by atoms with van der Waals surface area (Å²) in [7, 11) is 0. The van der Waals surface area contributed by atoms with Crippen LogP contribution in [0.15, 0.2) is 54.7 Å². The topological polar surface area (TPSA) is 60.3 Å². The van der Waals surface area contributed by atoms with Gasteiger partial charge in [0.15, 0.2) is 5.78 Å². The summed E-state index contributed by atoms with van der Waals surface area (Å²) in [5, 5.41) is 3.58. The van der Waals surface area contributed by atoms with Crippen LogP contribution in [-0.2, 0) is 16.1 Å². The Morgan fingerprint density at radius 2 is 1.89 bits per heavy atom. The highest BCUT2D eigenvalue weighted by molar-refractivity contribution is 6.16. The smallest absolute Gasteiger partial charge is 0.240 e. The van der Waals surface area contributed by atoms with Gasteiger partial charge in [-0.15, -0.1) is 0 Å². The molecule has 1 aliphatic heterocycles. The van der Waals surface area contributed by atoms with Crippen LogP contribution in [0.5, 0.6) is 0 Å². The van der Waals surface area contributed by atoms with E-state index in [1.807, 2.05) is 24.3 Å². The highest BCUT2D eigenvalue weighted by Crippen LogP contribution is 2.25. The predicted octanol–water partition coefficient (Wildman–Crippen LogP) is 3.31. The molecule has 2 heterocycles. The van der Waals surface area contributed by atoms with Crippen LogP contribution in [0.3, 0.4) is 0 Å². The molecular weight excluding hydrogens is 359 g/mol. The normalized spacial score (nSPS) is 16.4. The number of rotatable bonds is 6. The van der Waals surface area contributed by atoms with Gasteiger partial charge in [-0.1, -0.05) is 30.3 Å². The number of halogens is 1. The second-order valence-electron chi connectivity index (χ2n) is 6.94. The fourth-order valence-corrected chi connectivity index (χ4v) is 3.59. The van der Waals surface area contributed by atoms with Crippen LogP contribution in [-0.4, -0.2) is 35.5 Å². The van der Waals surface area contributed by atoms with E-state index < -0.39 is 11.6 Å². The van der Waals surface area contributed by atoms with Crippen LogP contribution in [0.2, 0.25) is 0 Å².